The second-order valence-corrected chi connectivity index (χ2v) is 12.4. The molecular weight excluding hydrogens is 536 g/mol. The van der Waals surface area contributed by atoms with Crippen LogP contribution in [-0.4, -0.2) is 25.4 Å². The minimum atomic E-state index is -0.123. The Morgan fingerprint density at radius 1 is 0.386 bits per heavy atom. The molecule has 0 saturated heterocycles. The second-order valence-electron chi connectivity index (χ2n) is 12.4. The van der Waals surface area contributed by atoms with E-state index in [9.17, 15) is 0 Å². The zero-order valence-electron chi connectivity index (χ0n) is 29.8. The van der Waals surface area contributed by atoms with Gasteiger partial charge in [-0.05, 0) is 82.1 Å². The fraction of sp³-hybridized carbons (Fsp3) is 0.381. The number of ether oxygens (including phenoxy) is 2. The van der Waals surface area contributed by atoms with Crippen molar-refractivity contribution in [1.82, 2.24) is 0 Å². The first-order valence-electron chi connectivity index (χ1n) is 15.5. The summed E-state index contributed by atoms with van der Waals surface area (Å²) in [7, 11) is 3.50. The van der Waals surface area contributed by atoms with Crippen molar-refractivity contribution in [3.8, 4) is 0 Å². The molecule has 0 spiro atoms. The van der Waals surface area contributed by atoms with Crippen molar-refractivity contribution in [2.75, 3.05) is 14.2 Å². The first-order chi connectivity index (χ1) is 20.7. The highest BCUT2D eigenvalue weighted by Gasteiger charge is 2.13. The van der Waals surface area contributed by atoms with Crippen LogP contribution in [0.25, 0.3) is 0 Å². The molecule has 0 bridgehead atoms. The highest BCUT2D eigenvalue weighted by molar-refractivity contribution is 5.33. The fourth-order valence-electron chi connectivity index (χ4n) is 3.38. The van der Waals surface area contributed by atoms with Crippen LogP contribution in [0.2, 0.25) is 0 Å². The molecule has 0 atom stereocenters. The van der Waals surface area contributed by atoms with E-state index < -0.39 is 0 Å². The standard InChI is InChI=1S/C42H60O2/c1-35(23-15-25-37(3)27-17-29-39(5)31-19-33-41(7,8)43-11)21-13-14-22-36(2)24-16-26-38(4)28-18-30-40(6)32-20-34-42(9,10)44-12/h13-32H,33-34H2,1-12H3. The molecule has 0 fully saturated rings. The van der Waals surface area contributed by atoms with Gasteiger partial charge in [0.15, 0.2) is 0 Å². The molecule has 0 saturated carbocycles. The Balaban J connectivity index is 4.80. The highest BCUT2D eigenvalue weighted by Crippen LogP contribution is 2.15. The van der Waals surface area contributed by atoms with Crippen LogP contribution in [0.3, 0.4) is 0 Å². The van der Waals surface area contributed by atoms with Crippen molar-refractivity contribution in [2.45, 2.75) is 93.3 Å². The zero-order valence-corrected chi connectivity index (χ0v) is 29.8. The van der Waals surface area contributed by atoms with E-state index in [1.165, 1.54) is 33.4 Å². The predicted molar refractivity (Wildman–Crippen MR) is 198 cm³/mol. The van der Waals surface area contributed by atoms with Gasteiger partial charge in [-0.3, -0.25) is 0 Å². The van der Waals surface area contributed by atoms with E-state index >= 15 is 0 Å². The van der Waals surface area contributed by atoms with Crippen molar-refractivity contribution in [3.05, 3.63) is 155 Å². The van der Waals surface area contributed by atoms with Gasteiger partial charge in [0.2, 0.25) is 0 Å². The molecule has 0 amide bonds. The lowest BCUT2D eigenvalue weighted by molar-refractivity contribution is 0.0252. The van der Waals surface area contributed by atoms with Crippen LogP contribution in [0.5, 0.6) is 0 Å². The predicted octanol–water partition coefficient (Wildman–Crippen LogP) is 12.2. The molecule has 0 aliphatic carbocycles. The van der Waals surface area contributed by atoms with Crippen LogP contribution in [0.1, 0.15) is 82.1 Å². The van der Waals surface area contributed by atoms with E-state index in [1.807, 2.05) is 0 Å². The van der Waals surface area contributed by atoms with E-state index in [0.29, 0.717) is 0 Å². The van der Waals surface area contributed by atoms with E-state index in [1.54, 1.807) is 14.2 Å². The van der Waals surface area contributed by atoms with Gasteiger partial charge in [0.1, 0.15) is 0 Å². The fourth-order valence-corrected chi connectivity index (χ4v) is 3.38. The Hall–Kier alpha value is -3.46. The molecule has 0 aliphatic heterocycles. The van der Waals surface area contributed by atoms with Crippen molar-refractivity contribution in [3.63, 3.8) is 0 Å². The van der Waals surface area contributed by atoms with Crippen LogP contribution >= 0.6 is 0 Å². The minimum Gasteiger partial charge on any atom is -0.378 e. The molecule has 0 aromatic heterocycles. The summed E-state index contributed by atoms with van der Waals surface area (Å²) in [6, 6.07) is 0. The van der Waals surface area contributed by atoms with Gasteiger partial charge in [0.25, 0.3) is 0 Å². The average Bonchev–Trinajstić information content (AvgIpc) is 2.95. The second kappa shape index (κ2) is 23.0. The van der Waals surface area contributed by atoms with E-state index in [4.69, 9.17) is 9.47 Å². The van der Waals surface area contributed by atoms with E-state index in [2.05, 4.69) is 191 Å². The Bertz CT molecular complexity index is 1150. The average molecular weight is 597 g/mol. The summed E-state index contributed by atoms with van der Waals surface area (Å²) in [6.45, 7) is 21.0. The number of hydrogen-bond donors (Lipinski definition) is 0. The summed E-state index contributed by atoms with van der Waals surface area (Å²) in [6.07, 6.45) is 44.1. The summed E-state index contributed by atoms with van der Waals surface area (Å²) < 4.78 is 10.9. The maximum absolute atomic E-state index is 5.45. The lowest BCUT2D eigenvalue weighted by Crippen LogP contribution is -2.20. The van der Waals surface area contributed by atoms with Crippen LogP contribution in [0.4, 0.5) is 0 Å². The molecule has 0 radical (unpaired) electrons. The zero-order chi connectivity index (χ0) is 33.4. The van der Waals surface area contributed by atoms with Gasteiger partial charge in [0.05, 0.1) is 11.2 Å². The summed E-state index contributed by atoms with van der Waals surface area (Å²) >= 11 is 0. The molecule has 2 nitrogen and oxygen atoms in total. The normalized spacial score (nSPS) is 16.3. The quantitative estimate of drug-likeness (QED) is 0.147. The first kappa shape index (κ1) is 40.5. The third kappa shape index (κ3) is 24.0. The Kier molecular flexibility index (Phi) is 21.2. The van der Waals surface area contributed by atoms with Crippen LogP contribution in [0.15, 0.2) is 155 Å². The van der Waals surface area contributed by atoms with Gasteiger partial charge in [-0.15, -0.1) is 0 Å². The Morgan fingerprint density at radius 3 is 0.864 bits per heavy atom. The van der Waals surface area contributed by atoms with Gasteiger partial charge in [-0.25, -0.2) is 0 Å². The van der Waals surface area contributed by atoms with E-state index in [-0.39, 0.29) is 11.2 Å². The van der Waals surface area contributed by atoms with Crippen molar-refractivity contribution in [2.24, 2.45) is 0 Å². The van der Waals surface area contributed by atoms with Crippen molar-refractivity contribution >= 4 is 0 Å². The lowest BCUT2D eigenvalue weighted by atomic mass is 10.0. The van der Waals surface area contributed by atoms with Gasteiger partial charge in [0, 0.05) is 14.2 Å². The number of allylic oxidation sites excluding steroid dienone is 24. The van der Waals surface area contributed by atoms with Gasteiger partial charge >= 0.3 is 0 Å². The molecule has 0 rings (SSSR count). The molecule has 0 heterocycles. The smallest absolute Gasteiger partial charge is 0.0657 e. The third-order valence-electron chi connectivity index (χ3n) is 6.79. The maximum Gasteiger partial charge on any atom is 0.0657 e. The summed E-state index contributed by atoms with van der Waals surface area (Å²) in [5.41, 5.74) is 6.97. The van der Waals surface area contributed by atoms with Crippen molar-refractivity contribution in [1.29, 1.82) is 0 Å². The number of hydrogen-bond acceptors (Lipinski definition) is 2. The minimum absolute atomic E-state index is 0.123. The molecule has 0 aromatic rings. The largest absolute Gasteiger partial charge is 0.378 e. The molecule has 0 aliphatic rings. The Labute approximate surface area is 271 Å². The molecule has 0 aromatic carbocycles. The summed E-state index contributed by atoms with van der Waals surface area (Å²) in [5.74, 6) is 0. The summed E-state index contributed by atoms with van der Waals surface area (Å²) in [5, 5.41) is 0. The topological polar surface area (TPSA) is 18.5 Å². The van der Waals surface area contributed by atoms with E-state index in [0.717, 1.165) is 12.8 Å². The van der Waals surface area contributed by atoms with Gasteiger partial charge in [-0.1, -0.05) is 155 Å². The lowest BCUT2D eigenvalue weighted by Gasteiger charge is -2.20. The first-order valence-corrected chi connectivity index (χ1v) is 15.5. The van der Waals surface area contributed by atoms with Crippen molar-refractivity contribution < 1.29 is 9.47 Å². The van der Waals surface area contributed by atoms with Crippen LogP contribution in [-0.2, 0) is 9.47 Å². The molecular formula is C42H60O2. The third-order valence-corrected chi connectivity index (χ3v) is 6.79. The maximum atomic E-state index is 5.45. The molecule has 44 heavy (non-hydrogen) atoms. The molecule has 0 unspecified atom stereocenters. The van der Waals surface area contributed by atoms with Gasteiger partial charge < -0.3 is 9.47 Å². The number of rotatable bonds is 18. The molecule has 2 heteroatoms. The van der Waals surface area contributed by atoms with Gasteiger partial charge in [-0.2, -0.15) is 0 Å². The monoisotopic (exact) mass is 596 g/mol. The Morgan fingerprint density at radius 2 is 0.614 bits per heavy atom. The molecule has 0 N–H and O–H groups in total. The number of methoxy groups -OCH3 is 2. The van der Waals surface area contributed by atoms with Crippen LogP contribution in [0, 0.1) is 0 Å². The summed E-state index contributed by atoms with van der Waals surface area (Å²) in [4.78, 5) is 0. The van der Waals surface area contributed by atoms with Crippen LogP contribution < -0.4 is 0 Å². The molecule has 240 valence electrons. The highest BCUT2D eigenvalue weighted by atomic mass is 16.5. The SMILES string of the molecule is COC(C)(C)CC=CC(C)=CC=CC(C)=CC=CC(C)=CC=CC=C(C)C=CC=C(C)C=CC=C(C)C=CCC(C)(C)OC.